The molecule has 0 aromatic heterocycles. The zero-order chi connectivity index (χ0) is 21.7. The van der Waals surface area contributed by atoms with Crippen LogP contribution in [-0.4, -0.2) is 45.5 Å². The average Bonchev–Trinajstić information content (AvgIpc) is 3.57. The molecule has 0 heterocycles. The molecule has 1 fully saturated rings. The molecule has 0 bridgehead atoms. The normalized spacial score (nSPS) is 14.1. The minimum Gasteiger partial charge on any atom is -0.383 e. The van der Waals surface area contributed by atoms with E-state index in [2.05, 4.69) is 42.8 Å². The lowest BCUT2D eigenvalue weighted by Gasteiger charge is -2.23. The van der Waals surface area contributed by atoms with Gasteiger partial charge in [0.15, 0.2) is 0 Å². The molecule has 0 saturated heterocycles. The van der Waals surface area contributed by atoms with E-state index in [1.807, 2.05) is 4.90 Å². The van der Waals surface area contributed by atoms with Crippen molar-refractivity contribution in [2.24, 2.45) is 0 Å². The number of carbonyl (C=O) groups excluding carboxylic acids is 1. The Balaban J connectivity index is 1.77. The largest absolute Gasteiger partial charge is 0.383 e. The third-order valence-electron chi connectivity index (χ3n) is 5.24. The Morgan fingerprint density at radius 2 is 1.87 bits per heavy atom. The highest BCUT2D eigenvalue weighted by molar-refractivity contribution is 7.89. The van der Waals surface area contributed by atoms with Crippen LogP contribution in [-0.2, 0) is 21.3 Å². The zero-order valence-corrected chi connectivity index (χ0v) is 18.6. The van der Waals surface area contributed by atoms with E-state index in [9.17, 15) is 13.2 Å². The highest BCUT2D eigenvalue weighted by Gasteiger charge is 2.33. The third kappa shape index (κ3) is 5.68. The molecule has 0 atom stereocenters. The lowest BCUT2D eigenvalue weighted by molar-refractivity contribution is 0.0729. The average molecular weight is 431 g/mol. The van der Waals surface area contributed by atoms with Crippen LogP contribution >= 0.6 is 0 Å². The molecule has 1 aliphatic rings. The molecule has 0 radical (unpaired) electrons. The molecule has 0 unspecified atom stereocenters. The predicted octanol–water partition coefficient (Wildman–Crippen LogP) is 3.54. The van der Waals surface area contributed by atoms with Crippen molar-refractivity contribution in [1.29, 1.82) is 0 Å². The molecule has 30 heavy (non-hydrogen) atoms. The van der Waals surface area contributed by atoms with Crippen LogP contribution in [0.25, 0.3) is 0 Å². The van der Waals surface area contributed by atoms with Gasteiger partial charge < -0.3 is 9.64 Å². The van der Waals surface area contributed by atoms with E-state index in [1.165, 1.54) is 24.8 Å². The number of sulfonamides is 1. The van der Waals surface area contributed by atoms with Gasteiger partial charge in [0.25, 0.3) is 5.91 Å². The quantitative estimate of drug-likeness (QED) is 0.585. The number of benzene rings is 2. The van der Waals surface area contributed by atoms with Gasteiger partial charge in [-0.15, -0.1) is 0 Å². The Hall–Kier alpha value is -2.22. The predicted molar refractivity (Wildman–Crippen MR) is 117 cm³/mol. The molecule has 3 rings (SSSR count). The summed E-state index contributed by atoms with van der Waals surface area (Å²) in [5.74, 6) is 0.321. The third-order valence-corrected chi connectivity index (χ3v) is 6.70. The summed E-state index contributed by atoms with van der Waals surface area (Å²) in [4.78, 5) is 15.2. The summed E-state index contributed by atoms with van der Waals surface area (Å²) < 4.78 is 32.3. The summed E-state index contributed by atoms with van der Waals surface area (Å²) in [6.45, 7) is 5.28. The first-order chi connectivity index (χ1) is 14.3. The van der Waals surface area contributed by atoms with E-state index < -0.39 is 10.0 Å². The number of rotatable bonds is 10. The van der Waals surface area contributed by atoms with Crippen molar-refractivity contribution < 1.29 is 17.9 Å². The first-order valence-corrected chi connectivity index (χ1v) is 11.8. The molecule has 1 aliphatic carbocycles. The molecule has 0 aliphatic heterocycles. The number of methoxy groups -OCH3 is 1. The fourth-order valence-electron chi connectivity index (χ4n) is 3.28. The van der Waals surface area contributed by atoms with E-state index in [0.717, 1.165) is 18.4 Å². The van der Waals surface area contributed by atoms with Gasteiger partial charge >= 0.3 is 0 Å². The number of nitrogens with one attached hydrogen (secondary N) is 1. The van der Waals surface area contributed by atoms with Crippen LogP contribution in [0.3, 0.4) is 0 Å². The standard InChI is InChI=1S/C23H30N2O4S/c1-17(2)19-9-7-18(8-10-19)16-25(21-11-12-21)23(26)20-5-4-6-22(15-20)30(27,28)24-13-14-29-3/h4-10,15,17,21,24H,11-14,16H2,1-3H3. The number of amides is 1. The molecule has 1 saturated carbocycles. The van der Waals surface area contributed by atoms with Gasteiger partial charge in [0, 0.05) is 31.8 Å². The van der Waals surface area contributed by atoms with Crippen LogP contribution in [0.2, 0.25) is 0 Å². The van der Waals surface area contributed by atoms with Crippen LogP contribution in [0.15, 0.2) is 53.4 Å². The van der Waals surface area contributed by atoms with E-state index in [4.69, 9.17) is 4.74 Å². The zero-order valence-electron chi connectivity index (χ0n) is 17.8. The Labute approximate surface area is 179 Å². The van der Waals surface area contributed by atoms with Crippen LogP contribution in [0.4, 0.5) is 0 Å². The lowest BCUT2D eigenvalue weighted by atomic mass is 10.0. The van der Waals surface area contributed by atoms with Crippen molar-refractivity contribution >= 4 is 15.9 Å². The highest BCUT2D eigenvalue weighted by Crippen LogP contribution is 2.30. The van der Waals surface area contributed by atoms with Gasteiger partial charge in [-0.1, -0.05) is 44.2 Å². The number of nitrogens with zero attached hydrogens (tertiary/aromatic N) is 1. The van der Waals surface area contributed by atoms with Gasteiger partial charge in [-0.25, -0.2) is 13.1 Å². The van der Waals surface area contributed by atoms with E-state index in [-0.39, 0.29) is 30.0 Å². The Morgan fingerprint density at radius 1 is 1.17 bits per heavy atom. The first-order valence-electron chi connectivity index (χ1n) is 10.3. The second-order valence-corrected chi connectivity index (χ2v) is 9.75. The van der Waals surface area contributed by atoms with Crippen molar-refractivity contribution in [3.63, 3.8) is 0 Å². The number of hydrogen-bond acceptors (Lipinski definition) is 4. The van der Waals surface area contributed by atoms with Crippen LogP contribution in [0.1, 0.15) is 54.1 Å². The van der Waals surface area contributed by atoms with Gasteiger partial charge in [-0.05, 0) is 48.1 Å². The monoisotopic (exact) mass is 430 g/mol. The number of ether oxygens (including phenoxy) is 1. The van der Waals surface area contributed by atoms with E-state index >= 15 is 0 Å². The fraction of sp³-hybridized carbons (Fsp3) is 0.435. The van der Waals surface area contributed by atoms with Crippen molar-refractivity contribution in [2.45, 2.75) is 50.1 Å². The van der Waals surface area contributed by atoms with Gasteiger partial charge in [0.1, 0.15) is 0 Å². The molecule has 1 N–H and O–H groups in total. The van der Waals surface area contributed by atoms with Crippen LogP contribution < -0.4 is 4.72 Å². The summed E-state index contributed by atoms with van der Waals surface area (Å²) in [6, 6.07) is 14.8. The van der Waals surface area contributed by atoms with Crippen LogP contribution in [0, 0.1) is 0 Å². The Kier molecular flexibility index (Phi) is 7.28. The summed E-state index contributed by atoms with van der Waals surface area (Å²) in [5, 5.41) is 0. The molecule has 1 amide bonds. The smallest absolute Gasteiger partial charge is 0.254 e. The molecule has 6 nitrogen and oxygen atoms in total. The van der Waals surface area contributed by atoms with E-state index in [0.29, 0.717) is 18.0 Å². The lowest BCUT2D eigenvalue weighted by Crippen LogP contribution is -2.33. The molecule has 7 heteroatoms. The van der Waals surface area contributed by atoms with Gasteiger partial charge in [0.05, 0.1) is 11.5 Å². The Morgan fingerprint density at radius 3 is 2.47 bits per heavy atom. The Bertz CT molecular complexity index is 967. The van der Waals surface area contributed by atoms with Crippen molar-refractivity contribution in [2.75, 3.05) is 20.3 Å². The summed E-state index contributed by atoms with van der Waals surface area (Å²) in [6.07, 6.45) is 1.96. The molecular formula is C23H30N2O4S. The summed E-state index contributed by atoms with van der Waals surface area (Å²) in [5.41, 5.74) is 2.72. The van der Waals surface area contributed by atoms with Crippen molar-refractivity contribution in [1.82, 2.24) is 9.62 Å². The SMILES string of the molecule is COCCNS(=O)(=O)c1cccc(C(=O)N(Cc2ccc(C(C)C)cc2)C2CC2)c1. The summed E-state index contributed by atoms with van der Waals surface area (Å²) >= 11 is 0. The molecule has 2 aromatic rings. The second kappa shape index (κ2) is 9.73. The minimum absolute atomic E-state index is 0.0847. The minimum atomic E-state index is -3.69. The maximum absolute atomic E-state index is 13.2. The molecule has 0 spiro atoms. The topological polar surface area (TPSA) is 75.7 Å². The maximum atomic E-state index is 13.2. The molecular weight excluding hydrogens is 400 g/mol. The number of carbonyl (C=O) groups is 1. The first kappa shape index (κ1) is 22.5. The molecule has 2 aromatic carbocycles. The van der Waals surface area contributed by atoms with Crippen molar-refractivity contribution in [3.05, 3.63) is 65.2 Å². The maximum Gasteiger partial charge on any atom is 0.254 e. The van der Waals surface area contributed by atoms with Crippen LogP contribution in [0.5, 0.6) is 0 Å². The molecule has 162 valence electrons. The van der Waals surface area contributed by atoms with Gasteiger partial charge in [0.2, 0.25) is 10.0 Å². The highest BCUT2D eigenvalue weighted by atomic mass is 32.2. The van der Waals surface area contributed by atoms with E-state index in [1.54, 1.807) is 12.1 Å². The van der Waals surface area contributed by atoms with Gasteiger partial charge in [-0.3, -0.25) is 4.79 Å². The summed E-state index contributed by atoms with van der Waals surface area (Å²) in [7, 11) is -2.18. The van der Waals surface area contributed by atoms with Crippen molar-refractivity contribution in [3.8, 4) is 0 Å². The van der Waals surface area contributed by atoms with Gasteiger partial charge in [-0.2, -0.15) is 0 Å². The second-order valence-electron chi connectivity index (χ2n) is 7.98. The number of hydrogen-bond donors (Lipinski definition) is 1. The fourth-order valence-corrected chi connectivity index (χ4v) is 4.34.